The second-order valence-corrected chi connectivity index (χ2v) is 9.91. The van der Waals surface area contributed by atoms with Crippen LogP contribution < -0.4 is 4.90 Å². The molecule has 0 saturated carbocycles. The molecule has 1 aliphatic heterocycles. The zero-order valence-electron chi connectivity index (χ0n) is 18.1. The SMILES string of the molecule is CCN(Cc1ccccc1)C(=O)C[NH+]1CCN(S(=O)(=O)c2ccc(C)c(C)c2)CC1. The van der Waals surface area contributed by atoms with E-state index >= 15 is 0 Å². The van der Waals surface area contributed by atoms with Gasteiger partial charge in [0.15, 0.2) is 6.54 Å². The molecule has 30 heavy (non-hydrogen) atoms. The maximum absolute atomic E-state index is 13.0. The highest BCUT2D eigenvalue weighted by Crippen LogP contribution is 2.19. The second-order valence-electron chi connectivity index (χ2n) is 7.97. The Labute approximate surface area is 180 Å². The van der Waals surface area contributed by atoms with Gasteiger partial charge in [-0.05, 0) is 49.6 Å². The van der Waals surface area contributed by atoms with Gasteiger partial charge >= 0.3 is 0 Å². The minimum absolute atomic E-state index is 0.113. The smallest absolute Gasteiger partial charge is 0.278 e. The fraction of sp³-hybridized carbons (Fsp3) is 0.435. The minimum Gasteiger partial charge on any atom is -0.334 e. The predicted octanol–water partition coefficient (Wildman–Crippen LogP) is 1.24. The van der Waals surface area contributed by atoms with Crippen LogP contribution in [0.2, 0.25) is 0 Å². The number of nitrogens with zero attached hydrogens (tertiary/aromatic N) is 2. The van der Waals surface area contributed by atoms with E-state index in [1.807, 2.05) is 62.1 Å². The number of piperazine rings is 1. The van der Waals surface area contributed by atoms with Crippen molar-refractivity contribution in [1.82, 2.24) is 9.21 Å². The number of aryl methyl sites for hydroxylation is 2. The molecule has 0 radical (unpaired) electrons. The normalized spacial score (nSPS) is 15.8. The number of carbonyl (C=O) groups excluding carboxylic acids is 1. The van der Waals surface area contributed by atoms with E-state index < -0.39 is 10.0 Å². The van der Waals surface area contributed by atoms with Crippen LogP contribution in [0.4, 0.5) is 0 Å². The molecular weight excluding hydrogens is 398 g/mol. The highest BCUT2D eigenvalue weighted by atomic mass is 32.2. The minimum atomic E-state index is -3.49. The Morgan fingerprint density at radius 3 is 2.30 bits per heavy atom. The number of hydrogen-bond donors (Lipinski definition) is 1. The van der Waals surface area contributed by atoms with Crippen molar-refractivity contribution in [2.75, 3.05) is 39.3 Å². The average molecular weight is 431 g/mol. The number of hydrogen-bond acceptors (Lipinski definition) is 3. The molecule has 1 heterocycles. The molecule has 1 amide bonds. The lowest BCUT2D eigenvalue weighted by atomic mass is 10.1. The Kier molecular flexibility index (Phi) is 7.28. The molecule has 0 aromatic heterocycles. The van der Waals surface area contributed by atoms with Crippen molar-refractivity contribution in [3.8, 4) is 0 Å². The molecule has 1 aliphatic rings. The van der Waals surface area contributed by atoms with Gasteiger partial charge in [-0.25, -0.2) is 8.42 Å². The van der Waals surface area contributed by atoms with Gasteiger partial charge in [0.25, 0.3) is 5.91 Å². The Hall–Kier alpha value is -2.22. The molecule has 6 nitrogen and oxygen atoms in total. The van der Waals surface area contributed by atoms with Gasteiger partial charge in [0.05, 0.1) is 31.1 Å². The lowest BCUT2D eigenvalue weighted by Crippen LogP contribution is -3.15. The second kappa shape index (κ2) is 9.73. The molecule has 2 aromatic carbocycles. The van der Waals surface area contributed by atoms with Gasteiger partial charge in [-0.2, -0.15) is 4.31 Å². The summed E-state index contributed by atoms with van der Waals surface area (Å²) in [6.45, 7) is 9.70. The summed E-state index contributed by atoms with van der Waals surface area (Å²) in [4.78, 5) is 16.1. The van der Waals surface area contributed by atoms with Gasteiger partial charge in [0.2, 0.25) is 10.0 Å². The molecule has 7 heteroatoms. The van der Waals surface area contributed by atoms with Crippen LogP contribution >= 0.6 is 0 Å². The summed E-state index contributed by atoms with van der Waals surface area (Å²) < 4.78 is 27.5. The summed E-state index contributed by atoms with van der Waals surface area (Å²) >= 11 is 0. The molecule has 0 unspecified atom stereocenters. The monoisotopic (exact) mass is 430 g/mol. The maximum atomic E-state index is 13.0. The Morgan fingerprint density at radius 2 is 1.70 bits per heavy atom. The van der Waals surface area contributed by atoms with Crippen molar-refractivity contribution < 1.29 is 18.1 Å². The van der Waals surface area contributed by atoms with Gasteiger partial charge in [0.1, 0.15) is 0 Å². The van der Waals surface area contributed by atoms with Crippen molar-refractivity contribution in [2.24, 2.45) is 0 Å². The van der Waals surface area contributed by atoms with Crippen LogP contribution in [0.25, 0.3) is 0 Å². The highest BCUT2D eigenvalue weighted by molar-refractivity contribution is 7.89. The van der Waals surface area contributed by atoms with Crippen molar-refractivity contribution in [1.29, 1.82) is 0 Å². The zero-order valence-corrected chi connectivity index (χ0v) is 18.9. The molecule has 1 saturated heterocycles. The Morgan fingerprint density at radius 1 is 1.03 bits per heavy atom. The first kappa shape index (κ1) is 22.5. The average Bonchev–Trinajstić information content (AvgIpc) is 2.75. The van der Waals surface area contributed by atoms with E-state index in [2.05, 4.69) is 0 Å². The van der Waals surface area contributed by atoms with Gasteiger partial charge in [0, 0.05) is 13.1 Å². The van der Waals surface area contributed by atoms with Crippen molar-refractivity contribution in [2.45, 2.75) is 32.2 Å². The first-order chi connectivity index (χ1) is 14.3. The maximum Gasteiger partial charge on any atom is 0.278 e. The summed E-state index contributed by atoms with van der Waals surface area (Å²) in [5.74, 6) is 0.113. The molecular formula is C23H32N3O3S+. The molecule has 0 atom stereocenters. The van der Waals surface area contributed by atoms with Crippen LogP contribution in [-0.2, 0) is 21.4 Å². The molecule has 1 N–H and O–H groups in total. The van der Waals surface area contributed by atoms with Gasteiger partial charge in [-0.3, -0.25) is 4.79 Å². The van der Waals surface area contributed by atoms with Crippen LogP contribution in [0, 0.1) is 13.8 Å². The van der Waals surface area contributed by atoms with E-state index in [0.29, 0.717) is 50.7 Å². The van der Waals surface area contributed by atoms with Crippen LogP contribution in [0.3, 0.4) is 0 Å². The third kappa shape index (κ3) is 5.28. The number of nitrogens with one attached hydrogen (secondary N) is 1. The van der Waals surface area contributed by atoms with Crippen LogP contribution in [0.15, 0.2) is 53.4 Å². The number of quaternary nitrogens is 1. The van der Waals surface area contributed by atoms with E-state index in [4.69, 9.17) is 0 Å². The lowest BCUT2D eigenvalue weighted by molar-refractivity contribution is -0.896. The van der Waals surface area contributed by atoms with E-state index in [-0.39, 0.29) is 5.91 Å². The van der Waals surface area contributed by atoms with E-state index in [1.54, 1.807) is 16.4 Å². The van der Waals surface area contributed by atoms with E-state index in [9.17, 15) is 13.2 Å². The third-order valence-corrected chi connectivity index (χ3v) is 7.79. The van der Waals surface area contributed by atoms with Crippen LogP contribution in [0.1, 0.15) is 23.6 Å². The zero-order chi connectivity index (χ0) is 21.7. The molecule has 0 spiro atoms. The molecule has 1 fully saturated rings. The van der Waals surface area contributed by atoms with Gasteiger partial charge < -0.3 is 9.80 Å². The van der Waals surface area contributed by atoms with E-state index in [0.717, 1.165) is 21.6 Å². The number of carbonyl (C=O) groups is 1. The van der Waals surface area contributed by atoms with Gasteiger partial charge in [-0.1, -0.05) is 36.4 Å². The Bertz CT molecular complexity index is 968. The third-order valence-electron chi connectivity index (χ3n) is 5.90. The van der Waals surface area contributed by atoms with Crippen molar-refractivity contribution >= 4 is 15.9 Å². The number of sulfonamides is 1. The summed E-state index contributed by atoms with van der Waals surface area (Å²) in [6.07, 6.45) is 0. The highest BCUT2D eigenvalue weighted by Gasteiger charge is 2.31. The summed E-state index contributed by atoms with van der Waals surface area (Å²) in [5.41, 5.74) is 3.17. The van der Waals surface area contributed by atoms with E-state index in [1.165, 1.54) is 0 Å². The summed E-state index contributed by atoms with van der Waals surface area (Å²) in [6, 6.07) is 15.3. The predicted molar refractivity (Wildman–Crippen MR) is 118 cm³/mol. The molecule has 0 bridgehead atoms. The lowest BCUT2D eigenvalue weighted by Gasteiger charge is -2.32. The summed E-state index contributed by atoms with van der Waals surface area (Å²) in [7, 11) is -3.49. The summed E-state index contributed by atoms with van der Waals surface area (Å²) in [5, 5.41) is 0. The topological polar surface area (TPSA) is 62.1 Å². The molecule has 0 aliphatic carbocycles. The first-order valence-electron chi connectivity index (χ1n) is 10.5. The fourth-order valence-electron chi connectivity index (χ4n) is 3.75. The number of amides is 1. The van der Waals surface area contributed by atoms with Crippen LogP contribution in [-0.4, -0.2) is 62.8 Å². The van der Waals surface area contributed by atoms with Crippen LogP contribution in [0.5, 0.6) is 0 Å². The Balaban J connectivity index is 1.57. The molecule has 3 rings (SSSR count). The largest absolute Gasteiger partial charge is 0.334 e. The number of rotatable bonds is 7. The number of likely N-dealkylation sites (N-methyl/N-ethyl adjacent to an activating group) is 1. The molecule has 162 valence electrons. The van der Waals surface area contributed by atoms with Crippen molar-refractivity contribution in [3.05, 3.63) is 65.2 Å². The van der Waals surface area contributed by atoms with Crippen molar-refractivity contribution in [3.63, 3.8) is 0 Å². The van der Waals surface area contributed by atoms with Gasteiger partial charge in [-0.15, -0.1) is 0 Å². The fourth-order valence-corrected chi connectivity index (χ4v) is 5.28. The quantitative estimate of drug-likeness (QED) is 0.719. The standard InChI is InChI=1S/C23H31N3O3S/c1-4-25(17-21-8-6-5-7-9-21)23(27)18-24-12-14-26(15-13-24)30(28,29)22-11-10-19(2)20(3)16-22/h5-11,16H,4,12-15,17-18H2,1-3H3/p+1. The first-order valence-corrected chi connectivity index (χ1v) is 12.0. The molecule has 2 aromatic rings. The number of benzene rings is 2.